The van der Waals surface area contributed by atoms with Crippen molar-refractivity contribution in [3.63, 3.8) is 0 Å². The molecule has 3 heteroatoms. The van der Waals surface area contributed by atoms with E-state index < -0.39 is 0 Å². The van der Waals surface area contributed by atoms with Crippen LogP contribution in [0.1, 0.15) is 5.56 Å². The third-order valence-electron chi connectivity index (χ3n) is 1.38. The molecular formula is C9H10BrClO. The molecule has 0 bridgehead atoms. The second-order valence-electron chi connectivity index (χ2n) is 2.37. The number of alkyl halides is 1. The standard InChI is InChI=1S/C9H10BrClO/c10-4-5-12-7-8-2-1-3-9(11)6-8/h1-3,6H,4-5,7H2. The molecule has 1 rings (SSSR count). The second kappa shape index (κ2) is 5.57. The highest BCUT2D eigenvalue weighted by atomic mass is 79.9. The van der Waals surface area contributed by atoms with Crippen LogP contribution in [0.2, 0.25) is 5.02 Å². The zero-order valence-corrected chi connectivity index (χ0v) is 8.94. The fourth-order valence-corrected chi connectivity index (χ4v) is 1.31. The van der Waals surface area contributed by atoms with Crippen molar-refractivity contribution in [3.05, 3.63) is 34.9 Å². The van der Waals surface area contributed by atoms with Crippen molar-refractivity contribution < 1.29 is 4.74 Å². The molecule has 66 valence electrons. The highest BCUT2D eigenvalue weighted by Gasteiger charge is 1.93. The van der Waals surface area contributed by atoms with E-state index in [1.54, 1.807) is 0 Å². The molecule has 0 fully saturated rings. The molecule has 0 heterocycles. The number of benzene rings is 1. The SMILES string of the molecule is Clc1cccc(COCCBr)c1. The van der Waals surface area contributed by atoms with E-state index in [0.29, 0.717) is 6.61 Å². The Morgan fingerprint density at radius 2 is 2.25 bits per heavy atom. The molecule has 0 aromatic heterocycles. The molecule has 0 aliphatic carbocycles. The molecule has 0 N–H and O–H groups in total. The number of hydrogen-bond acceptors (Lipinski definition) is 1. The molecule has 1 aromatic rings. The molecule has 0 aliphatic rings. The topological polar surface area (TPSA) is 9.23 Å². The van der Waals surface area contributed by atoms with E-state index in [1.165, 1.54) is 0 Å². The van der Waals surface area contributed by atoms with Crippen molar-refractivity contribution in [1.82, 2.24) is 0 Å². The molecule has 12 heavy (non-hydrogen) atoms. The summed E-state index contributed by atoms with van der Waals surface area (Å²) < 4.78 is 5.32. The minimum absolute atomic E-state index is 0.631. The van der Waals surface area contributed by atoms with E-state index in [4.69, 9.17) is 16.3 Å². The van der Waals surface area contributed by atoms with E-state index in [-0.39, 0.29) is 0 Å². The third kappa shape index (κ3) is 3.57. The van der Waals surface area contributed by atoms with Gasteiger partial charge in [0.2, 0.25) is 0 Å². The lowest BCUT2D eigenvalue weighted by Gasteiger charge is -2.01. The van der Waals surface area contributed by atoms with Gasteiger partial charge in [0.1, 0.15) is 0 Å². The molecule has 0 amide bonds. The Kier molecular flexibility index (Phi) is 4.66. The van der Waals surface area contributed by atoms with Crippen LogP contribution < -0.4 is 0 Å². The Bertz CT molecular complexity index is 240. The monoisotopic (exact) mass is 248 g/mol. The summed E-state index contributed by atoms with van der Waals surface area (Å²) in [6, 6.07) is 7.70. The number of ether oxygens (including phenoxy) is 1. The van der Waals surface area contributed by atoms with E-state index in [0.717, 1.165) is 22.5 Å². The first-order valence-electron chi connectivity index (χ1n) is 3.71. The molecule has 1 nitrogen and oxygen atoms in total. The Labute approximate surface area is 85.8 Å². The van der Waals surface area contributed by atoms with Gasteiger partial charge in [-0.15, -0.1) is 0 Å². The first-order chi connectivity index (χ1) is 5.83. The van der Waals surface area contributed by atoms with Crippen LogP contribution in [0.5, 0.6) is 0 Å². The number of rotatable bonds is 4. The first kappa shape index (κ1) is 10.0. The molecule has 0 atom stereocenters. The summed E-state index contributed by atoms with van der Waals surface area (Å²) in [6.45, 7) is 1.36. The van der Waals surface area contributed by atoms with Crippen LogP contribution >= 0.6 is 27.5 Å². The smallest absolute Gasteiger partial charge is 0.0717 e. The van der Waals surface area contributed by atoms with Crippen LogP contribution in [0, 0.1) is 0 Å². The summed E-state index contributed by atoms with van der Waals surface area (Å²) in [7, 11) is 0. The van der Waals surface area contributed by atoms with Gasteiger partial charge in [0, 0.05) is 10.4 Å². The van der Waals surface area contributed by atoms with Crippen molar-refractivity contribution in [3.8, 4) is 0 Å². The quantitative estimate of drug-likeness (QED) is 0.588. The predicted octanol–water partition coefficient (Wildman–Crippen LogP) is 3.25. The van der Waals surface area contributed by atoms with Crippen LogP contribution in [0.25, 0.3) is 0 Å². The fraction of sp³-hybridized carbons (Fsp3) is 0.333. The lowest BCUT2D eigenvalue weighted by Crippen LogP contribution is -1.95. The molecule has 1 aromatic carbocycles. The molecule has 0 unspecified atom stereocenters. The van der Waals surface area contributed by atoms with Crippen LogP contribution in [-0.4, -0.2) is 11.9 Å². The van der Waals surface area contributed by atoms with E-state index in [2.05, 4.69) is 15.9 Å². The van der Waals surface area contributed by atoms with Crippen LogP contribution in [0.15, 0.2) is 24.3 Å². The van der Waals surface area contributed by atoms with Crippen molar-refractivity contribution >= 4 is 27.5 Å². The van der Waals surface area contributed by atoms with Gasteiger partial charge in [-0.1, -0.05) is 39.7 Å². The number of halogens is 2. The molecular weight excluding hydrogens is 239 g/mol. The van der Waals surface area contributed by atoms with Crippen molar-refractivity contribution in [2.45, 2.75) is 6.61 Å². The minimum Gasteiger partial charge on any atom is -0.376 e. The second-order valence-corrected chi connectivity index (χ2v) is 3.60. The Hall–Kier alpha value is -0.0500. The normalized spacial score (nSPS) is 10.2. The van der Waals surface area contributed by atoms with Crippen molar-refractivity contribution in [2.24, 2.45) is 0 Å². The van der Waals surface area contributed by atoms with Gasteiger partial charge < -0.3 is 4.74 Å². The van der Waals surface area contributed by atoms with Gasteiger partial charge in [0.25, 0.3) is 0 Å². The maximum atomic E-state index is 5.79. The van der Waals surface area contributed by atoms with Gasteiger partial charge in [-0.2, -0.15) is 0 Å². The Morgan fingerprint density at radius 3 is 2.92 bits per heavy atom. The summed E-state index contributed by atoms with van der Waals surface area (Å²) >= 11 is 9.08. The molecule has 0 spiro atoms. The summed E-state index contributed by atoms with van der Waals surface area (Å²) in [5.41, 5.74) is 1.11. The molecule has 0 saturated carbocycles. The highest BCUT2D eigenvalue weighted by Crippen LogP contribution is 2.11. The van der Waals surface area contributed by atoms with Crippen LogP contribution in [-0.2, 0) is 11.3 Å². The average molecular weight is 250 g/mol. The molecule has 0 aliphatic heterocycles. The maximum absolute atomic E-state index is 5.79. The van der Waals surface area contributed by atoms with Crippen molar-refractivity contribution in [2.75, 3.05) is 11.9 Å². The van der Waals surface area contributed by atoms with Gasteiger partial charge in [0.15, 0.2) is 0 Å². The largest absolute Gasteiger partial charge is 0.376 e. The summed E-state index contributed by atoms with van der Waals surface area (Å²) in [5, 5.41) is 1.63. The van der Waals surface area contributed by atoms with Gasteiger partial charge in [-0.3, -0.25) is 0 Å². The molecule has 0 saturated heterocycles. The minimum atomic E-state index is 0.631. The Morgan fingerprint density at radius 1 is 1.42 bits per heavy atom. The van der Waals surface area contributed by atoms with Crippen LogP contribution in [0.3, 0.4) is 0 Å². The highest BCUT2D eigenvalue weighted by molar-refractivity contribution is 9.09. The third-order valence-corrected chi connectivity index (χ3v) is 1.94. The van der Waals surface area contributed by atoms with E-state index in [1.807, 2.05) is 24.3 Å². The zero-order chi connectivity index (χ0) is 8.81. The molecule has 0 radical (unpaired) electrons. The van der Waals surface area contributed by atoms with Gasteiger partial charge in [-0.05, 0) is 17.7 Å². The van der Waals surface area contributed by atoms with E-state index >= 15 is 0 Å². The maximum Gasteiger partial charge on any atom is 0.0717 e. The fourth-order valence-electron chi connectivity index (χ4n) is 0.871. The predicted molar refractivity (Wildman–Crippen MR) is 54.9 cm³/mol. The van der Waals surface area contributed by atoms with E-state index in [9.17, 15) is 0 Å². The van der Waals surface area contributed by atoms with Gasteiger partial charge in [-0.25, -0.2) is 0 Å². The first-order valence-corrected chi connectivity index (χ1v) is 5.21. The lowest BCUT2D eigenvalue weighted by atomic mass is 10.2. The zero-order valence-electron chi connectivity index (χ0n) is 6.59. The number of hydrogen-bond donors (Lipinski definition) is 0. The van der Waals surface area contributed by atoms with Gasteiger partial charge in [0.05, 0.1) is 13.2 Å². The average Bonchev–Trinajstić information content (AvgIpc) is 2.05. The summed E-state index contributed by atoms with van der Waals surface area (Å²) in [5.74, 6) is 0. The van der Waals surface area contributed by atoms with Gasteiger partial charge >= 0.3 is 0 Å². The van der Waals surface area contributed by atoms with Crippen LogP contribution in [0.4, 0.5) is 0 Å². The summed E-state index contributed by atoms with van der Waals surface area (Å²) in [6.07, 6.45) is 0. The summed E-state index contributed by atoms with van der Waals surface area (Å²) in [4.78, 5) is 0. The van der Waals surface area contributed by atoms with Crippen molar-refractivity contribution in [1.29, 1.82) is 0 Å². The lowest BCUT2D eigenvalue weighted by molar-refractivity contribution is 0.137. The Balaban J connectivity index is 2.41.